The summed E-state index contributed by atoms with van der Waals surface area (Å²) in [6, 6.07) is 4.68. The second-order valence-electron chi connectivity index (χ2n) is 3.99. The predicted molar refractivity (Wildman–Crippen MR) is 75.3 cm³/mol. The normalized spacial score (nSPS) is 11.7. The highest BCUT2D eigenvalue weighted by molar-refractivity contribution is 9.10. The van der Waals surface area contributed by atoms with Crippen LogP contribution in [0.4, 0.5) is 0 Å². The summed E-state index contributed by atoms with van der Waals surface area (Å²) in [5, 5.41) is 16.4. The molecule has 0 saturated heterocycles. The van der Waals surface area contributed by atoms with Gasteiger partial charge in [-0.05, 0) is 33.6 Å². The fourth-order valence-corrected chi connectivity index (χ4v) is 3.61. The fraction of sp³-hybridized carbons (Fsp3) is 0.273. The Hall–Kier alpha value is -1.29. The van der Waals surface area contributed by atoms with Crippen molar-refractivity contribution in [2.45, 2.75) is 18.0 Å². The molecule has 20 heavy (non-hydrogen) atoms. The minimum atomic E-state index is -3.65. The van der Waals surface area contributed by atoms with Crippen molar-refractivity contribution in [2.75, 3.05) is 6.54 Å². The van der Waals surface area contributed by atoms with Crippen molar-refractivity contribution in [3.05, 3.63) is 40.6 Å². The molecule has 2 rings (SSSR count). The minimum absolute atomic E-state index is 0.0997. The summed E-state index contributed by atoms with van der Waals surface area (Å²) >= 11 is 3.20. The van der Waals surface area contributed by atoms with Gasteiger partial charge < -0.3 is 5.11 Å². The number of nitrogens with zero attached hydrogens (tertiary/aromatic N) is 3. The fourth-order valence-electron chi connectivity index (χ4n) is 1.58. The maximum atomic E-state index is 12.2. The Morgan fingerprint density at radius 3 is 2.85 bits per heavy atom. The Kier molecular flexibility index (Phi) is 4.86. The quantitative estimate of drug-likeness (QED) is 0.782. The molecule has 2 N–H and O–H groups in total. The molecule has 0 aliphatic rings. The number of rotatable bonds is 6. The zero-order valence-electron chi connectivity index (χ0n) is 10.4. The first-order valence-electron chi connectivity index (χ1n) is 5.76. The van der Waals surface area contributed by atoms with Gasteiger partial charge in [-0.1, -0.05) is 11.3 Å². The van der Waals surface area contributed by atoms with E-state index in [1.54, 1.807) is 18.3 Å². The molecule has 0 aliphatic heterocycles. The van der Waals surface area contributed by atoms with E-state index in [1.807, 2.05) is 0 Å². The molecule has 7 nitrogen and oxygen atoms in total. The second-order valence-corrected chi connectivity index (χ2v) is 6.58. The van der Waals surface area contributed by atoms with Gasteiger partial charge in [0.05, 0.1) is 24.2 Å². The summed E-state index contributed by atoms with van der Waals surface area (Å²) in [6.07, 6.45) is 3.17. The third kappa shape index (κ3) is 3.63. The molecule has 0 fully saturated rings. The van der Waals surface area contributed by atoms with Crippen molar-refractivity contribution in [3.63, 3.8) is 0 Å². The van der Waals surface area contributed by atoms with Crippen LogP contribution in [0, 0.1) is 0 Å². The van der Waals surface area contributed by atoms with Gasteiger partial charge in [0.25, 0.3) is 0 Å². The van der Waals surface area contributed by atoms with Crippen molar-refractivity contribution in [3.8, 4) is 0 Å². The first-order valence-corrected chi connectivity index (χ1v) is 8.03. The molecule has 0 atom stereocenters. The molecule has 0 unspecified atom stereocenters. The number of sulfonamides is 1. The van der Waals surface area contributed by atoms with E-state index >= 15 is 0 Å². The SMILES string of the molecule is O=S(=O)(NCCn1ccnn1)c1cc(CO)ccc1Br. The minimum Gasteiger partial charge on any atom is -0.392 e. The zero-order valence-corrected chi connectivity index (χ0v) is 12.8. The molecule has 2 aromatic rings. The van der Waals surface area contributed by atoms with E-state index in [0.717, 1.165) is 0 Å². The van der Waals surface area contributed by atoms with E-state index in [1.165, 1.54) is 16.9 Å². The summed E-state index contributed by atoms with van der Waals surface area (Å²) < 4.78 is 28.8. The monoisotopic (exact) mass is 360 g/mol. The summed E-state index contributed by atoms with van der Waals surface area (Å²) in [5.74, 6) is 0. The van der Waals surface area contributed by atoms with Crippen molar-refractivity contribution < 1.29 is 13.5 Å². The van der Waals surface area contributed by atoms with Crippen LogP contribution in [0.2, 0.25) is 0 Å². The Labute approximate surface area is 124 Å². The molecule has 0 amide bonds. The lowest BCUT2D eigenvalue weighted by Gasteiger charge is -2.09. The van der Waals surface area contributed by atoms with Crippen molar-refractivity contribution in [1.82, 2.24) is 19.7 Å². The molecule has 1 aromatic heterocycles. The van der Waals surface area contributed by atoms with Gasteiger partial charge in [0.15, 0.2) is 0 Å². The van der Waals surface area contributed by atoms with Crippen LogP contribution in [0.1, 0.15) is 5.56 Å². The highest BCUT2D eigenvalue weighted by Gasteiger charge is 2.17. The number of aliphatic hydroxyl groups is 1. The smallest absolute Gasteiger partial charge is 0.241 e. The number of aliphatic hydroxyl groups excluding tert-OH is 1. The average molecular weight is 361 g/mol. The van der Waals surface area contributed by atoms with Crippen LogP contribution >= 0.6 is 15.9 Å². The maximum absolute atomic E-state index is 12.2. The summed E-state index contributed by atoms with van der Waals surface area (Å²) in [5.41, 5.74) is 0.532. The molecule has 1 aromatic carbocycles. The van der Waals surface area contributed by atoms with Crippen LogP contribution in [0.15, 0.2) is 40.0 Å². The van der Waals surface area contributed by atoms with Crippen molar-refractivity contribution >= 4 is 26.0 Å². The largest absolute Gasteiger partial charge is 0.392 e. The van der Waals surface area contributed by atoms with Crippen LogP contribution < -0.4 is 4.72 Å². The average Bonchev–Trinajstić information content (AvgIpc) is 2.92. The van der Waals surface area contributed by atoms with Gasteiger partial charge in [-0.3, -0.25) is 4.68 Å². The highest BCUT2D eigenvalue weighted by atomic mass is 79.9. The molecule has 0 saturated carbocycles. The molecular formula is C11H13BrN4O3S. The second kappa shape index (κ2) is 6.44. The van der Waals surface area contributed by atoms with Gasteiger partial charge in [0.1, 0.15) is 0 Å². The van der Waals surface area contributed by atoms with E-state index < -0.39 is 10.0 Å². The number of halogens is 1. The Bertz CT molecular complexity index is 673. The van der Waals surface area contributed by atoms with Crippen LogP contribution in [-0.2, 0) is 23.2 Å². The molecule has 0 spiro atoms. The van der Waals surface area contributed by atoms with E-state index in [4.69, 9.17) is 5.11 Å². The predicted octanol–water partition coefficient (Wildman–Crippen LogP) is 0.511. The number of hydrogen-bond acceptors (Lipinski definition) is 5. The molecule has 1 heterocycles. The van der Waals surface area contributed by atoms with E-state index in [2.05, 4.69) is 31.0 Å². The summed E-state index contributed by atoms with van der Waals surface area (Å²) in [6.45, 7) is 0.368. The van der Waals surface area contributed by atoms with Crippen molar-refractivity contribution in [1.29, 1.82) is 0 Å². The third-order valence-electron chi connectivity index (χ3n) is 2.57. The van der Waals surface area contributed by atoms with Gasteiger partial charge in [-0.15, -0.1) is 5.10 Å². The molecule has 108 valence electrons. The van der Waals surface area contributed by atoms with Gasteiger partial charge in [0.2, 0.25) is 10.0 Å². The van der Waals surface area contributed by atoms with E-state index in [9.17, 15) is 8.42 Å². The third-order valence-corrected chi connectivity index (χ3v) is 5.03. The molecule has 9 heteroatoms. The maximum Gasteiger partial charge on any atom is 0.241 e. The van der Waals surface area contributed by atoms with Crippen LogP contribution in [-0.4, -0.2) is 35.1 Å². The van der Waals surface area contributed by atoms with E-state index in [0.29, 0.717) is 16.6 Å². The number of benzene rings is 1. The van der Waals surface area contributed by atoms with Crippen LogP contribution in [0.5, 0.6) is 0 Å². The highest BCUT2D eigenvalue weighted by Crippen LogP contribution is 2.23. The molecule has 0 bridgehead atoms. The van der Waals surface area contributed by atoms with E-state index in [-0.39, 0.29) is 18.0 Å². The topological polar surface area (TPSA) is 97.1 Å². The standard InChI is InChI=1S/C11H13BrN4O3S/c12-10-2-1-9(8-17)7-11(10)20(18,19)14-4-6-16-5-3-13-15-16/h1-3,5,7,14,17H,4,6,8H2. The van der Waals surface area contributed by atoms with Crippen LogP contribution in [0.25, 0.3) is 0 Å². The number of hydrogen-bond donors (Lipinski definition) is 2. The van der Waals surface area contributed by atoms with Gasteiger partial charge >= 0.3 is 0 Å². The summed E-state index contributed by atoms with van der Waals surface area (Å²) in [4.78, 5) is 0.0997. The lowest BCUT2D eigenvalue weighted by Crippen LogP contribution is -2.28. The molecule has 0 radical (unpaired) electrons. The number of aromatic nitrogens is 3. The zero-order chi connectivity index (χ0) is 14.6. The van der Waals surface area contributed by atoms with Crippen LogP contribution in [0.3, 0.4) is 0 Å². The molecule has 0 aliphatic carbocycles. The first-order chi connectivity index (χ1) is 9.53. The van der Waals surface area contributed by atoms with Gasteiger partial charge in [0, 0.05) is 17.2 Å². The van der Waals surface area contributed by atoms with Gasteiger partial charge in [-0.2, -0.15) is 0 Å². The summed E-state index contributed by atoms with van der Waals surface area (Å²) in [7, 11) is -3.65. The Morgan fingerprint density at radius 1 is 1.40 bits per heavy atom. The van der Waals surface area contributed by atoms with Crippen molar-refractivity contribution in [2.24, 2.45) is 0 Å². The number of nitrogens with one attached hydrogen (secondary N) is 1. The first kappa shape index (κ1) is 15.1. The Balaban J connectivity index is 2.09. The van der Waals surface area contributed by atoms with Gasteiger partial charge in [-0.25, -0.2) is 13.1 Å². The lowest BCUT2D eigenvalue weighted by atomic mass is 10.2. The lowest BCUT2D eigenvalue weighted by molar-refractivity contribution is 0.281. The Morgan fingerprint density at radius 2 is 2.20 bits per heavy atom. The molecular weight excluding hydrogens is 348 g/mol.